The molecule has 0 bridgehead atoms. The summed E-state index contributed by atoms with van der Waals surface area (Å²) in [5, 5.41) is 4.27. The Bertz CT molecular complexity index is 538. The smallest absolute Gasteiger partial charge is 0.182 e. The Morgan fingerprint density at radius 3 is 2.50 bits per heavy atom. The quantitative estimate of drug-likeness (QED) is 0.772. The van der Waals surface area contributed by atoms with E-state index in [1.165, 1.54) is 15.3 Å². The maximum atomic E-state index is 4.36. The summed E-state index contributed by atoms with van der Waals surface area (Å²) < 4.78 is 0. The standard InChI is InChI=1S/C16H22N2S2/c1-5-17-15-18-10-14(20-15)11-19-13-8-6-12(7-9-13)16(2,3)4/h6-10H,5,11H2,1-4H3,(H,17,18). The van der Waals surface area contributed by atoms with Gasteiger partial charge >= 0.3 is 0 Å². The normalized spacial score (nSPS) is 11.6. The minimum Gasteiger partial charge on any atom is -0.362 e. The molecule has 0 spiro atoms. The molecule has 2 aromatic rings. The van der Waals surface area contributed by atoms with E-state index in [1.807, 2.05) is 18.0 Å². The zero-order valence-corrected chi connectivity index (χ0v) is 14.2. The summed E-state index contributed by atoms with van der Waals surface area (Å²) in [4.78, 5) is 6.99. The molecule has 0 aliphatic heterocycles. The highest BCUT2D eigenvalue weighted by Crippen LogP contribution is 2.29. The van der Waals surface area contributed by atoms with Crippen LogP contribution in [0.5, 0.6) is 0 Å². The molecule has 0 saturated heterocycles. The first-order valence-electron chi connectivity index (χ1n) is 6.91. The van der Waals surface area contributed by atoms with Crippen molar-refractivity contribution in [1.29, 1.82) is 0 Å². The average molecular weight is 306 g/mol. The fourth-order valence-corrected chi connectivity index (χ4v) is 3.61. The van der Waals surface area contributed by atoms with Gasteiger partial charge < -0.3 is 5.32 Å². The van der Waals surface area contributed by atoms with Crippen molar-refractivity contribution in [2.45, 2.75) is 43.8 Å². The van der Waals surface area contributed by atoms with E-state index in [0.29, 0.717) is 0 Å². The van der Waals surface area contributed by atoms with Crippen molar-refractivity contribution in [2.75, 3.05) is 11.9 Å². The molecule has 2 rings (SSSR count). The second-order valence-electron chi connectivity index (χ2n) is 5.73. The SMILES string of the molecule is CCNc1ncc(CSc2ccc(C(C)(C)C)cc2)s1. The lowest BCUT2D eigenvalue weighted by Gasteiger charge is -2.18. The Labute approximate surface area is 130 Å². The molecule has 0 fully saturated rings. The maximum Gasteiger partial charge on any atom is 0.182 e. The van der Waals surface area contributed by atoms with Crippen molar-refractivity contribution < 1.29 is 0 Å². The van der Waals surface area contributed by atoms with E-state index in [-0.39, 0.29) is 5.41 Å². The van der Waals surface area contributed by atoms with Crippen LogP contribution in [-0.4, -0.2) is 11.5 Å². The van der Waals surface area contributed by atoms with Crippen molar-refractivity contribution in [3.05, 3.63) is 40.9 Å². The van der Waals surface area contributed by atoms with E-state index >= 15 is 0 Å². The highest BCUT2D eigenvalue weighted by Gasteiger charge is 2.12. The van der Waals surface area contributed by atoms with Crippen LogP contribution < -0.4 is 5.32 Å². The summed E-state index contributed by atoms with van der Waals surface area (Å²) in [6.45, 7) is 9.75. The second-order valence-corrected chi connectivity index (χ2v) is 7.89. The number of rotatable bonds is 5. The summed E-state index contributed by atoms with van der Waals surface area (Å²) in [5.74, 6) is 0.984. The lowest BCUT2D eigenvalue weighted by molar-refractivity contribution is 0.590. The van der Waals surface area contributed by atoms with E-state index in [0.717, 1.165) is 17.4 Å². The van der Waals surface area contributed by atoms with Crippen LogP contribution in [0.3, 0.4) is 0 Å². The summed E-state index contributed by atoms with van der Waals surface area (Å²) in [7, 11) is 0. The molecule has 1 aromatic carbocycles. The first-order valence-corrected chi connectivity index (χ1v) is 8.71. The fraction of sp³-hybridized carbons (Fsp3) is 0.438. The number of thioether (sulfide) groups is 1. The van der Waals surface area contributed by atoms with Gasteiger partial charge in [-0.05, 0) is 30.0 Å². The van der Waals surface area contributed by atoms with Crippen molar-refractivity contribution in [2.24, 2.45) is 0 Å². The monoisotopic (exact) mass is 306 g/mol. The predicted molar refractivity (Wildman–Crippen MR) is 91.0 cm³/mol. The van der Waals surface area contributed by atoms with E-state index < -0.39 is 0 Å². The van der Waals surface area contributed by atoms with Gasteiger partial charge in [0.25, 0.3) is 0 Å². The number of hydrogen-bond donors (Lipinski definition) is 1. The zero-order valence-electron chi connectivity index (χ0n) is 12.6. The first-order chi connectivity index (χ1) is 9.49. The van der Waals surface area contributed by atoms with Crippen LogP contribution in [0.25, 0.3) is 0 Å². The molecule has 2 nitrogen and oxygen atoms in total. The van der Waals surface area contributed by atoms with Gasteiger partial charge in [-0.25, -0.2) is 4.98 Å². The summed E-state index contributed by atoms with van der Waals surface area (Å²) >= 11 is 3.61. The summed E-state index contributed by atoms with van der Waals surface area (Å²) in [5.41, 5.74) is 1.61. The Morgan fingerprint density at radius 2 is 1.90 bits per heavy atom. The average Bonchev–Trinajstić information content (AvgIpc) is 2.84. The molecule has 0 aliphatic carbocycles. The van der Waals surface area contributed by atoms with Crippen molar-refractivity contribution in [3.8, 4) is 0 Å². The molecule has 1 aromatic heterocycles. The lowest BCUT2D eigenvalue weighted by atomic mass is 9.87. The van der Waals surface area contributed by atoms with Gasteiger partial charge in [0.05, 0.1) is 0 Å². The number of benzene rings is 1. The number of nitrogens with one attached hydrogen (secondary N) is 1. The van der Waals surface area contributed by atoms with Crippen LogP contribution in [0.15, 0.2) is 35.4 Å². The lowest BCUT2D eigenvalue weighted by Crippen LogP contribution is -2.10. The Kier molecular flexibility index (Phi) is 5.11. The highest BCUT2D eigenvalue weighted by molar-refractivity contribution is 7.98. The number of anilines is 1. The van der Waals surface area contributed by atoms with Crippen molar-refractivity contribution in [1.82, 2.24) is 4.98 Å². The van der Waals surface area contributed by atoms with Crippen molar-refractivity contribution in [3.63, 3.8) is 0 Å². The Balaban J connectivity index is 1.93. The number of hydrogen-bond acceptors (Lipinski definition) is 4. The van der Waals surface area contributed by atoms with Crippen LogP contribution in [0.2, 0.25) is 0 Å². The topological polar surface area (TPSA) is 24.9 Å². The molecule has 1 N–H and O–H groups in total. The van der Waals surface area contributed by atoms with E-state index in [9.17, 15) is 0 Å². The van der Waals surface area contributed by atoms with Crippen LogP contribution in [-0.2, 0) is 11.2 Å². The molecule has 4 heteroatoms. The third kappa shape index (κ3) is 4.25. The van der Waals surface area contributed by atoms with Gasteiger partial charge in [0.1, 0.15) is 0 Å². The third-order valence-electron chi connectivity index (χ3n) is 2.98. The highest BCUT2D eigenvalue weighted by atomic mass is 32.2. The fourth-order valence-electron chi connectivity index (χ4n) is 1.81. The molecule has 20 heavy (non-hydrogen) atoms. The van der Waals surface area contributed by atoms with Crippen LogP contribution in [0, 0.1) is 0 Å². The van der Waals surface area contributed by atoms with Crippen LogP contribution in [0.4, 0.5) is 5.13 Å². The third-order valence-corrected chi connectivity index (χ3v) is 5.18. The van der Waals surface area contributed by atoms with E-state index in [4.69, 9.17) is 0 Å². The molecule has 0 aliphatic rings. The first kappa shape index (κ1) is 15.4. The van der Waals surface area contributed by atoms with Gasteiger partial charge in [-0.15, -0.1) is 23.1 Å². The molecule has 0 saturated carbocycles. The number of aromatic nitrogens is 1. The molecule has 0 amide bonds. The zero-order chi connectivity index (χ0) is 14.6. The van der Waals surface area contributed by atoms with Crippen LogP contribution in [0.1, 0.15) is 38.1 Å². The maximum absolute atomic E-state index is 4.36. The van der Waals surface area contributed by atoms with Gasteiger partial charge in [-0.1, -0.05) is 32.9 Å². The number of nitrogens with zero attached hydrogens (tertiary/aromatic N) is 1. The van der Waals surface area contributed by atoms with Crippen LogP contribution >= 0.6 is 23.1 Å². The second kappa shape index (κ2) is 6.64. The molecule has 108 valence electrons. The number of thiazole rings is 1. The minimum atomic E-state index is 0.224. The Morgan fingerprint density at radius 1 is 1.20 bits per heavy atom. The summed E-state index contributed by atoms with van der Waals surface area (Å²) in [6.07, 6.45) is 1.97. The van der Waals surface area contributed by atoms with Gasteiger partial charge in [0.15, 0.2) is 5.13 Å². The van der Waals surface area contributed by atoms with Crippen molar-refractivity contribution >= 4 is 28.2 Å². The molecule has 1 heterocycles. The van der Waals surface area contributed by atoms with Gasteiger partial charge in [-0.3, -0.25) is 0 Å². The molecule has 0 atom stereocenters. The minimum absolute atomic E-state index is 0.224. The largest absolute Gasteiger partial charge is 0.362 e. The van der Waals surface area contributed by atoms with Gasteiger partial charge in [-0.2, -0.15) is 0 Å². The van der Waals surface area contributed by atoms with Gasteiger partial charge in [0.2, 0.25) is 0 Å². The van der Waals surface area contributed by atoms with E-state index in [1.54, 1.807) is 11.3 Å². The predicted octanol–water partition coefficient (Wildman–Crippen LogP) is 5.16. The molecular formula is C16H22N2S2. The molecule has 0 unspecified atom stereocenters. The molecule has 0 radical (unpaired) electrons. The summed E-state index contributed by atoms with van der Waals surface area (Å²) in [6, 6.07) is 8.91. The molecular weight excluding hydrogens is 284 g/mol. The van der Waals surface area contributed by atoms with Gasteiger partial charge in [0, 0.05) is 28.3 Å². The van der Waals surface area contributed by atoms with E-state index in [2.05, 4.69) is 62.3 Å². The Hall–Kier alpha value is -1.00.